The monoisotopic (exact) mass is 1150 g/mol. The van der Waals surface area contributed by atoms with Gasteiger partial charge in [0, 0.05) is 6.42 Å². The maximum Gasteiger partial charge on any atom is 0.306 e. The molecule has 0 radical (unpaired) electrons. The molecule has 6 N–H and O–H groups in total. The lowest BCUT2D eigenvalue weighted by atomic mass is 9.99. The van der Waals surface area contributed by atoms with Gasteiger partial charge >= 0.3 is 5.97 Å². The average molecular weight is 1150 g/mol. The molecule has 1 fully saturated rings. The van der Waals surface area contributed by atoms with Crippen molar-refractivity contribution in [2.45, 2.75) is 339 Å². The van der Waals surface area contributed by atoms with Crippen LogP contribution in [-0.2, 0) is 23.8 Å². The summed E-state index contributed by atoms with van der Waals surface area (Å²) in [7, 11) is 0. The normalized spacial score (nSPS) is 19.1. The largest absolute Gasteiger partial charge is 0.454 e. The Labute approximate surface area is 502 Å². The number of amides is 1. The Hall–Kier alpha value is -3.16. The number of nitrogens with one attached hydrogen (secondary N) is 1. The molecule has 11 heteroatoms. The van der Waals surface area contributed by atoms with Crippen LogP contribution in [0.15, 0.2) is 85.1 Å². The van der Waals surface area contributed by atoms with E-state index in [9.17, 15) is 35.1 Å². The SMILES string of the molecule is CCCCC/C=C\C/C=C\C/C=C\C/C=C\CCCCCCC(O)C(=O)NC(COC1OC(CO)C(O)C(O)C1OC(=O)CCCCCCCCCCCCC/C=C\C/C=C\CCCCC)C(O)/C=C/CCCCCCCCCCCC. The third kappa shape index (κ3) is 45.2. The molecule has 82 heavy (non-hydrogen) atoms. The van der Waals surface area contributed by atoms with Gasteiger partial charge in [-0.25, -0.2) is 0 Å². The van der Waals surface area contributed by atoms with Gasteiger partial charge in [-0.15, -0.1) is 0 Å². The third-order valence-corrected chi connectivity index (χ3v) is 15.5. The van der Waals surface area contributed by atoms with E-state index in [1.165, 1.54) is 154 Å². The van der Waals surface area contributed by atoms with Gasteiger partial charge in [0.25, 0.3) is 0 Å². The number of hydrogen-bond acceptors (Lipinski definition) is 10. The molecular formula is C71H125NO10. The smallest absolute Gasteiger partial charge is 0.306 e. The van der Waals surface area contributed by atoms with Gasteiger partial charge in [-0.05, 0) is 103 Å². The molecule has 11 nitrogen and oxygen atoms in total. The Morgan fingerprint density at radius 3 is 1.28 bits per heavy atom. The summed E-state index contributed by atoms with van der Waals surface area (Å²) in [5, 5.41) is 57.1. The van der Waals surface area contributed by atoms with Crippen molar-refractivity contribution in [3.8, 4) is 0 Å². The fourth-order valence-electron chi connectivity index (χ4n) is 10.1. The zero-order chi connectivity index (χ0) is 59.6. The van der Waals surface area contributed by atoms with Gasteiger partial charge in [-0.3, -0.25) is 9.59 Å². The van der Waals surface area contributed by atoms with Crippen LogP contribution in [0.2, 0.25) is 0 Å². The number of aliphatic hydroxyl groups is 5. The minimum absolute atomic E-state index is 0.116. The highest BCUT2D eigenvalue weighted by molar-refractivity contribution is 5.80. The summed E-state index contributed by atoms with van der Waals surface area (Å²) in [6, 6.07) is -1.04. The molecule has 0 aromatic heterocycles. The zero-order valence-electron chi connectivity index (χ0n) is 52.6. The van der Waals surface area contributed by atoms with Crippen LogP contribution in [0.1, 0.15) is 290 Å². The topological polar surface area (TPSA) is 175 Å². The molecular weight excluding hydrogens is 1030 g/mol. The highest BCUT2D eigenvalue weighted by Gasteiger charge is 2.47. The third-order valence-electron chi connectivity index (χ3n) is 15.5. The molecule has 0 aromatic rings. The van der Waals surface area contributed by atoms with E-state index < -0.39 is 67.4 Å². The van der Waals surface area contributed by atoms with E-state index >= 15 is 0 Å². The number of unbranched alkanes of at least 4 members (excludes halogenated alkanes) is 31. The summed E-state index contributed by atoms with van der Waals surface area (Å²) in [5.41, 5.74) is 0. The van der Waals surface area contributed by atoms with Gasteiger partial charge in [0.2, 0.25) is 5.91 Å². The van der Waals surface area contributed by atoms with Crippen LogP contribution < -0.4 is 5.32 Å². The minimum Gasteiger partial charge on any atom is -0.454 e. The first kappa shape index (κ1) is 76.9. The van der Waals surface area contributed by atoms with Crippen LogP contribution in [0.5, 0.6) is 0 Å². The average Bonchev–Trinajstić information content (AvgIpc) is 3.66. The summed E-state index contributed by atoms with van der Waals surface area (Å²) < 4.78 is 17.7. The van der Waals surface area contributed by atoms with Crippen LogP contribution >= 0.6 is 0 Å². The predicted molar refractivity (Wildman–Crippen MR) is 342 cm³/mol. The lowest BCUT2D eigenvalue weighted by Crippen LogP contribution is -2.61. The van der Waals surface area contributed by atoms with Crippen LogP contribution in [0.25, 0.3) is 0 Å². The number of ether oxygens (including phenoxy) is 3. The summed E-state index contributed by atoms with van der Waals surface area (Å²) in [6.45, 7) is 5.74. The first-order valence-electron chi connectivity index (χ1n) is 33.9. The van der Waals surface area contributed by atoms with Crippen molar-refractivity contribution in [3.63, 3.8) is 0 Å². The van der Waals surface area contributed by atoms with Crippen molar-refractivity contribution >= 4 is 11.9 Å². The standard InChI is InChI=1S/C71H125NO10/c1-4-7-10-13-16-19-22-25-27-29-31-33-35-37-39-41-44-47-50-53-56-59-66(76)82-69-68(78)67(77)65(60-73)81-71(69)80-61-62(63(74)57-54-51-48-45-42-24-21-18-15-12-9-6-3)72-70(79)64(75)58-55-52-49-46-43-40-38-36-34-32-30-28-26-23-20-17-14-11-8-5-2/h16-17,19-20,25-28,32,34,38,40,54,57,62-65,67-69,71,73-75,77-78H,4-15,18,21-24,29-31,33,35-37,39,41-53,55-56,58-61H2,1-3H3,(H,72,79)/b19-16-,20-17-,27-25-,28-26-,34-32-,40-38-,57-54+. The highest BCUT2D eigenvalue weighted by atomic mass is 16.7. The summed E-state index contributed by atoms with van der Waals surface area (Å²) in [4.78, 5) is 26.6. The second-order valence-electron chi connectivity index (χ2n) is 23.2. The van der Waals surface area contributed by atoms with Gasteiger partial charge in [0.1, 0.15) is 24.4 Å². The van der Waals surface area contributed by atoms with Crippen LogP contribution in [0.4, 0.5) is 0 Å². The highest BCUT2D eigenvalue weighted by Crippen LogP contribution is 2.26. The molecule has 8 atom stereocenters. The number of aliphatic hydroxyl groups excluding tert-OH is 5. The Morgan fingerprint density at radius 2 is 0.841 bits per heavy atom. The first-order valence-corrected chi connectivity index (χ1v) is 33.9. The number of carbonyl (C=O) groups excluding carboxylic acids is 2. The molecule has 0 saturated carbocycles. The molecule has 1 heterocycles. The fourth-order valence-corrected chi connectivity index (χ4v) is 10.1. The molecule has 1 saturated heterocycles. The molecule has 8 unspecified atom stereocenters. The summed E-state index contributed by atoms with van der Waals surface area (Å²) >= 11 is 0. The number of rotatable bonds is 57. The van der Waals surface area contributed by atoms with E-state index in [0.717, 1.165) is 89.9 Å². The Balaban J connectivity index is 2.64. The summed E-state index contributed by atoms with van der Waals surface area (Å²) in [5.74, 6) is -1.21. The maximum absolute atomic E-state index is 13.5. The van der Waals surface area contributed by atoms with E-state index in [4.69, 9.17) is 14.2 Å². The Bertz CT molecular complexity index is 1660. The van der Waals surface area contributed by atoms with E-state index in [-0.39, 0.29) is 19.4 Å². The van der Waals surface area contributed by atoms with Crippen LogP contribution in [-0.4, -0.2) is 99.6 Å². The van der Waals surface area contributed by atoms with Crippen molar-refractivity contribution in [1.82, 2.24) is 5.32 Å². The molecule has 1 amide bonds. The second kappa shape index (κ2) is 58.2. The Kier molecular flexibility index (Phi) is 54.6. The van der Waals surface area contributed by atoms with Crippen molar-refractivity contribution in [2.24, 2.45) is 0 Å². The van der Waals surface area contributed by atoms with E-state index in [0.29, 0.717) is 12.8 Å². The molecule has 1 rings (SSSR count). The van der Waals surface area contributed by atoms with Gasteiger partial charge in [-0.1, -0.05) is 266 Å². The quantitative estimate of drug-likeness (QED) is 0.0195. The van der Waals surface area contributed by atoms with Gasteiger partial charge < -0.3 is 45.1 Å². The fraction of sp³-hybridized carbons (Fsp3) is 0.775. The number of esters is 1. The van der Waals surface area contributed by atoms with Gasteiger partial charge in [0.15, 0.2) is 12.4 Å². The van der Waals surface area contributed by atoms with E-state index in [1.807, 2.05) is 6.08 Å². The number of hydrogen-bond donors (Lipinski definition) is 6. The van der Waals surface area contributed by atoms with Crippen molar-refractivity contribution < 1.29 is 49.3 Å². The molecule has 1 aliphatic rings. The lowest BCUT2D eigenvalue weighted by Gasteiger charge is -2.41. The minimum atomic E-state index is -1.62. The summed E-state index contributed by atoms with van der Waals surface area (Å²) in [6.07, 6.45) is 66.1. The maximum atomic E-state index is 13.5. The zero-order valence-corrected chi connectivity index (χ0v) is 52.6. The van der Waals surface area contributed by atoms with Crippen molar-refractivity contribution in [3.05, 3.63) is 85.1 Å². The Morgan fingerprint density at radius 1 is 0.476 bits per heavy atom. The number of carbonyl (C=O) groups is 2. The molecule has 0 bridgehead atoms. The second-order valence-corrected chi connectivity index (χ2v) is 23.2. The van der Waals surface area contributed by atoms with Gasteiger partial charge in [0.05, 0.1) is 25.4 Å². The van der Waals surface area contributed by atoms with Crippen molar-refractivity contribution in [2.75, 3.05) is 13.2 Å². The molecule has 0 aliphatic carbocycles. The van der Waals surface area contributed by atoms with E-state index in [1.54, 1.807) is 6.08 Å². The lowest BCUT2D eigenvalue weighted by molar-refractivity contribution is -0.305. The van der Waals surface area contributed by atoms with Gasteiger partial charge in [-0.2, -0.15) is 0 Å². The van der Waals surface area contributed by atoms with E-state index in [2.05, 4.69) is 99.0 Å². The molecule has 1 aliphatic heterocycles. The molecule has 0 aromatic carbocycles. The number of allylic oxidation sites excluding steroid dienone is 13. The predicted octanol–water partition coefficient (Wildman–Crippen LogP) is 16.9. The van der Waals surface area contributed by atoms with Crippen LogP contribution in [0.3, 0.4) is 0 Å². The molecule has 0 spiro atoms. The van der Waals surface area contributed by atoms with Crippen molar-refractivity contribution in [1.29, 1.82) is 0 Å². The first-order chi connectivity index (χ1) is 40.2. The van der Waals surface area contributed by atoms with Crippen LogP contribution in [0, 0.1) is 0 Å². The molecule has 474 valence electrons.